The van der Waals surface area contributed by atoms with Crippen LogP contribution in [0.15, 0.2) is 42.5 Å². The molecule has 2 amide bonds. The second-order valence-electron chi connectivity index (χ2n) is 8.82. The predicted octanol–water partition coefficient (Wildman–Crippen LogP) is 4.11. The molecule has 0 aromatic heterocycles. The van der Waals surface area contributed by atoms with Crippen LogP contribution in [0.2, 0.25) is 0 Å². The molecule has 2 aromatic rings. The Kier molecular flexibility index (Phi) is 6.31. The van der Waals surface area contributed by atoms with Crippen LogP contribution in [0.3, 0.4) is 0 Å². The van der Waals surface area contributed by atoms with Gasteiger partial charge in [-0.2, -0.15) is 0 Å². The standard InChI is InChI=1S/C26H28N2O5/c1-17-9-10-19(15-18(17)2)22(29)11-12-24(31)33-16-23(30)28-21-8-4-3-7-20(21)27-25(32)26(28)13-5-6-14-26/h3-4,7-10,15H,5-6,11-14,16H2,1-2H3,(H,27,32). The number of hydrogen-bond donors (Lipinski definition) is 1. The molecular weight excluding hydrogens is 420 g/mol. The summed E-state index contributed by atoms with van der Waals surface area (Å²) in [6.45, 7) is 3.43. The number of hydrogen-bond acceptors (Lipinski definition) is 5. The van der Waals surface area contributed by atoms with Gasteiger partial charge in [-0.3, -0.25) is 24.1 Å². The van der Waals surface area contributed by atoms with Gasteiger partial charge in [-0.05, 0) is 56.0 Å². The maximum Gasteiger partial charge on any atom is 0.306 e. The molecule has 7 nitrogen and oxygen atoms in total. The van der Waals surface area contributed by atoms with Crippen molar-refractivity contribution in [3.05, 3.63) is 59.2 Å². The number of amides is 2. The van der Waals surface area contributed by atoms with Crippen molar-refractivity contribution in [2.75, 3.05) is 16.8 Å². The molecule has 0 saturated heterocycles. The fourth-order valence-electron chi connectivity index (χ4n) is 4.68. The number of rotatable bonds is 6. The highest BCUT2D eigenvalue weighted by atomic mass is 16.5. The van der Waals surface area contributed by atoms with Crippen LogP contribution in [-0.2, 0) is 19.1 Å². The van der Waals surface area contributed by atoms with Crippen LogP contribution >= 0.6 is 0 Å². The number of Topliss-reactive ketones (excluding diaryl/α,β-unsaturated/α-hetero) is 1. The monoisotopic (exact) mass is 448 g/mol. The van der Waals surface area contributed by atoms with E-state index in [4.69, 9.17) is 4.74 Å². The molecular formula is C26H28N2O5. The normalized spacial score (nSPS) is 16.3. The Morgan fingerprint density at radius 3 is 2.45 bits per heavy atom. The third-order valence-electron chi connectivity index (χ3n) is 6.67. The number of nitrogens with zero attached hydrogens (tertiary/aromatic N) is 1. The Morgan fingerprint density at radius 1 is 1.00 bits per heavy atom. The number of nitrogens with one attached hydrogen (secondary N) is 1. The first-order chi connectivity index (χ1) is 15.8. The number of esters is 1. The van der Waals surface area contributed by atoms with Gasteiger partial charge in [-0.1, -0.05) is 37.1 Å². The zero-order chi connectivity index (χ0) is 23.6. The number of aryl methyl sites for hydroxylation is 2. The smallest absolute Gasteiger partial charge is 0.306 e. The maximum absolute atomic E-state index is 13.2. The lowest BCUT2D eigenvalue weighted by molar-refractivity contribution is -0.148. The van der Waals surface area contributed by atoms with Gasteiger partial charge in [0.1, 0.15) is 5.54 Å². The molecule has 1 N–H and O–H groups in total. The molecule has 0 unspecified atom stereocenters. The van der Waals surface area contributed by atoms with Gasteiger partial charge in [0, 0.05) is 12.0 Å². The molecule has 4 rings (SSSR count). The summed E-state index contributed by atoms with van der Waals surface area (Å²) >= 11 is 0. The lowest BCUT2D eigenvalue weighted by atomic mass is 9.90. The van der Waals surface area contributed by atoms with E-state index in [0.717, 1.165) is 24.0 Å². The summed E-state index contributed by atoms with van der Waals surface area (Å²) in [5, 5.41) is 2.92. The van der Waals surface area contributed by atoms with Gasteiger partial charge in [-0.25, -0.2) is 0 Å². The van der Waals surface area contributed by atoms with Crippen LogP contribution < -0.4 is 10.2 Å². The lowest BCUT2D eigenvalue weighted by Gasteiger charge is -2.44. The van der Waals surface area contributed by atoms with Crippen LogP contribution in [0.5, 0.6) is 0 Å². The van der Waals surface area contributed by atoms with E-state index < -0.39 is 24.0 Å². The summed E-state index contributed by atoms with van der Waals surface area (Å²) in [7, 11) is 0. The maximum atomic E-state index is 13.2. The van der Waals surface area contributed by atoms with Gasteiger partial charge in [-0.15, -0.1) is 0 Å². The van der Waals surface area contributed by atoms with Crippen LogP contribution in [0.25, 0.3) is 0 Å². The number of ether oxygens (including phenoxy) is 1. The molecule has 1 fully saturated rings. The minimum absolute atomic E-state index is 0.00835. The van der Waals surface area contributed by atoms with E-state index in [0.29, 0.717) is 29.8 Å². The molecule has 1 aliphatic carbocycles. The summed E-state index contributed by atoms with van der Waals surface area (Å²) in [5.41, 5.74) is 2.90. The quantitative estimate of drug-likeness (QED) is 0.530. The van der Waals surface area contributed by atoms with Gasteiger partial charge in [0.25, 0.3) is 11.8 Å². The van der Waals surface area contributed by atoms with Gasteiger partial charge < -0.3 is 10.1 Å². The minimum Gasteiger partial charge on any atom is -0.456 e. The summed E-state index contributed by atoms with van der Waals surface area (Å²) in [6.07, 6.45) is 2.73. The molecule has 172 valence electrons. The second kappa shape index (κ2) is 9.17. The van der Waals surface area contributed by atoms with Crippen LogP contribution in [0.4, 0.5) is 11.4 Å². The van der Waals surface area contributed by atoms with Crippen molar-refractivity contribution in [2.45, 2.75) is 57.9 Å². The molecule has 0 radical (unpaired) electrons. The average Bonchev–Trinajstić information content (AvgIpc) is 3.29. The number of benzene rings is 2. The molecule has 2 aromatic carbocycles. The van der Waals surface area contributed by atoms with E-state index in [9.17, 15) is 19.2 Å². The van der Waals surface area contributed by atoms with E-state index >= 15 is 0 Å². The molecule has 0 bridgehead atoms. The molecule has 7 heteroatoms. The Balaban J connectivity index is 1.40. The second-order valence-corrected chi connectivity index (χ2v) is 8.82. The van der Waals surface area contributed by atoms with Crippen molar-refractivity contribution in [2.24, 2.45) is 0 Å². The van der Waals surface area contributed by atoms with Crippen molar-refractivity contribution in [1.29, 1.82) is 0 Å². The van der Waals surface area contributed by atoms with Gasteiger partial charge >= 0.3 is 5.97 Å². The third-order valence-corrected chi connectivity index (χ3v) is 6.67. The Hall–Kier alpha value is -3.48. The van der Waals surface area contributed by atoms with E-state index in [1.54, 1.807) is 24.3 Å². The van der Waals surface area contributed by atoms with Gasteiger partial charge in [0.05, 0.1) is 17.8 Å². The minimum atomic E-state index is -0.947. The van der Waals surface area contributed by atoms with Crippen LogP contribution in [0.1, 0.15) is 60.0 Å². The van der Waals surface area contributed by atoms with Crippen LogP contribution in [-0.4, -0.2) is 35.7 Å². The van der Waals surface area contributed by atoms with E-state index in [2.05, 4.69) is 5.32 Å². The van der Waals surface area contributed by atoms with E-state index in [-0.39, 0.29) is 24.5 Å². The first-order valence-electron chi connectivity index (χ1n) is 11.3. The number of carbonyl (C=O) groups excluding carboxylic acids is 4. The Bertz CT molecular complexity index is 1120. The first kappa shape index (κ1) is 22.7. The highest BCUT2D eigenvalue weighted by Crippen LogP contribution is 2.45. The van der Waals surface area contributed by atoms with E-state index in [1.807, 2.05) is 32.0 Å². The highest BCUT2D eigenvalue weighted by molar-refractivity contribution is 6.15. The van der Waals surface area contributed by atoms with Gasteiger partial charge in [0.2, 0.25) is 0 Å². The van der Waals surface area contributed by atoms with Crippen molar-refractivity contribution in [3.63, 3.8) is 0 Å². The number of para-hydroxylation sites is 2. The number of fused-ring (bicyclic) bond motifs is 1. The molecule has 1 saturated carbocycles. The third kappa shape index (κ3) is 4.40. The van der Waals surface area contributed by atoms with Crippen molar-refractivity contribution < 1.29 is 23.9 Å². The van der Waals surface area contributed by atoms with Gasteiger partial charge in [0.15, 0.2) is 12.4 Å². The fraction of sp³-hybridized carbons (Fsp3) is 0.385. The van der Waals surface area contributed by atoms with Crippen molar-refractivity contribution in [3.8, 4) is 0 Å². The Labute approximate surface area is 193 Å². The zero-order valence-corrected chi connectivity index (χ0v) is 19.0. The molecule has 2 aliphatic rings. The number of ketones is 1. The predicted molar refractivity (Wildman–Crippen MR) is 124 cm³/mol. The summed E-state index contributed by atoms with van der Waals surface area (Å²) in [4.78, 5) is 52.4. The molecule has 1 spiro atoms. The van der Waals surface area contributed by atoms with E-state index in [1.165, 1.54) is 4.90 Å². The molecule has 1 heterocycles. The summed E-state index contributed by atoms with van der Waals surface area (Å²) in [5.74, 6) is -1.39. The SMILES string of the molecule is Cc1ccc(C(=O)CCC(=O)OCC(=O)N2c3ccccc3NC(=O)C23CCCC3)cc1C. The number of anilines is 2. The largest absolute Gasteiger partial charge is 0.456 e. The molecule has 0 atom stereocenters. The molecule has 1 aliphatic heterocycles. The lowest BCUT2D eigenvalue weighted by Crippen LogP contribution is -2.61. The van der Waals surface area contributed by atoms with Crippen molar-refractivity contribution in [1.82, 2.24) is 0 Å². The summed E-state index contributed by atoms with van der Waals surface area (Å²) in [6, 6.07) is 12.6. The molecule has 33 heavy (non-hydrogen) atoms. The summed E-state index contributed by atoms with van der Waals surface area (Å²) < 4.78 is 5.23. The Morgan fingerprint density at radius 2 is 1.73 bits per heavy atom. The fourth-order valence-corrected chi connectivity index (χ4v) is 4.68. The zero-order valence-electron chi connectivity index (χ0n) is 19.0. The van der Waals surface area contributed by atoms with Crippen LogP contribution in [0, 0.1) is 13.8 Å². The first-order valence-corrected chi connectivity index (χ1v) is 11.3. The number of carbonyl (C=O) groups is 4. The van der Waals surface area contributed by atoms with Crippen molar-refractivity contribution >= 4 is 34.9 Å². The average molecular weight is 449 g/mol. The highest BCUT2D eigenvalue weighted by Gasteiger charge is 2.52. The topological polar surface area (TPSA) is 92.8 Å².